The Kier molecular flexibility index (Phi) is 5.87. The minimum atomic E-state index is -0.882. The molecule has 158 valence electrons. The molecule has 2 atom stereocenters. The number of ether oxygens (including phenoxy) is 1. The van der Waals surface area contributed by atoms with Crippen LogP contribution in [0.4, 0.5) is 4.79 Å². The Morgan fingerprint density at radius 1 is 1.28 bits per heavy atom. The molecular formula is C22H31N3O4. The van der Waals surface area contributed by atoms with Crippen LogP contribution in [0.2, 0.25) is 0 Å². The van der Waals surface area contributed by atoms with Gasteiger partial charge in [0.2, 0.25) is 5.91 Å². The van der Waals surface area contributed by atoms with Gasteiger partial charge in [-0.2, -0.15) is 0 Å². The molecule has 0 bridgehead atoms. The van der Waals surface area contributed by atoms with Crippen molar-refractivity contribution in [1.82, 2.24) is 15.5 Å². The van der Waals surface area contributed by atoms with Crippen molar-refractivity contribution >= 4 is 17.8 Å². The second-order valence-corrected chi connectivity index (χ2v) is 9.22. The smallest absolute Gasteiger partial charge is 0.325 e. The molecule has 1 spiro atoms. The molecule has 1 aromatic rings. The fourth-order valence-corrected chi connectivity index (χ4v) is 4.92. The Morgan fingerprint density at radius 3 is 2.69 bits per heavy atom. The summed E-state index contributed by atoms with van der Waals surface area (Å²) in [6.07, 6.45) is 2.22. The summed E-state index contributed by atoms with van der Waals surface area (Å²) in [7, 11) is 0. The van der Waals surface area contributed by atoms with Gasteiger partial charge in [0, 0.05) is 0 Å². The van der Waals surface area contributed by atoms with Crippen LogP contribution in [-0.2, 0) is 9.59 Å². The SMILES string of the molecule is Cc1ccccc1OCCNC(=O)CN1C(=O)NC2(CC(C)CC(C)(C)C2)C1=O. The van der Waals surface area contributed by atoms with Crippen molar-refractivity contribution in [1.29, 1.82) is 0 Å². The minimum Gasteiger partial charge on any atom is -0.491 e. The number of nitrogens with one attached hydrogen (secondary N) is 2. The summed E-state index contributed by atoms with van der Waals surface area (Å²) in [6, 6.07) is 7.17. The van der Waals surface area contributed by atoms with Gasteiger partial charge in [-0.3, -0.25) is 14.5 Å². The molecule has 2 N–H and O–H groups in total. The number of aryl methyl sites for hydroxylation is 1. The molecule has 29 heavy (non-hydrogen) atoms. The topological polar surface area (TPSA) is 87.7 Å². The third-order valence-corrected chi connectivity index (χ3v) is 5.70. The maximum Gasteiger partial charge on any atom is 0.325 e. The van der Waals surface area contributed by atoms with Crippen LogP contribution in [0.5, 0.6) is 5.75 Å². The van der Waals surface area contributed by atoms with E-state index in [1.54, 1.807) is 0 Å². The summed E-state index contributed by atoms with van der Waals surface area (Å²) in [5.74, 6) is 0.442. The standard InChI is InChI=1S/C22H31N3O4/c1-15-11-21(3,4)14-22(12-15)19(27)25(20(28)24-22)13-18(26)23-9-10-29-17-8-6-5-7-16(17)2/h5-8,15H,9-14H2,1-4H3,(H,23,26)(H,24,28). The maximum atomic E-state index is 13.1. The molecule has 2 aliphatic rings. The molecule has 7 heteroatoms. The predicted octanol–water partition coefficient (Wildman–Crippen LogP) is 2.63. The number of hydrogen-bond acceptors (Lipinski definition) is 4. The van der Waals surface area contributed by atoms with Crippen molar-refractivity contribution in [3.05, 3.63) is 29.8 Å². The van der Waals surface area contributed by atoms with Crippen molar-refractivity contribution in [2.75, 3.05) is 19.7 Å². The van der Waals surface area contributed by atoms with Gasteiger partial charge in [-0.25, -0.2) is 4.79 Å². The van der Waals surface area contributed by atoms with Crippen molar-refractivity contribution < 1.29 is 19.1 Å². The Morgan fingerprint density at radius 2 is 2.00 bits per heavy atom. The van der Waals surface area contributed by atoms with E-state index in [1.165, 1.54) is 0 Å². The third-order valence-electron chi connectivity index (χ3n) is 5.70. The van der Waals surface area contributed by atoms with Gasteiger partial charge in [-0.1, -0.05) is 39.0 Å². The Balaban J connectivity index is 1.52. The highest BCUT2D eigenvalue weighted by Gasteiger charge is 2.56. The second kappa shape index (κ2) is 8.05. The Labute approximate surface area is 172 Å². The number of carbonyl (C=O) groups excluding carboxylic acids is 3. The van der Waals surface area contributed by atoms with Gasteiger partial charge >= 0.3 is 6.03 Å². The van der Waals surface area contributed by atoms with E-state index in [0.717, 1.165) is 22.6 Å². The number of para-hydroxylation sites is 1. The number of nitrogens with zero attached hydrogens (tertiary/aromatic N) is 1. The van der Waals surface area contributed by atoms with Gasteiger partial charge in [-0.15, -0.1) is 0 Å². The van der Waals surface area contributed by atoms with E-state index in [2.05, 4.69) is 31.4 Å². The molecule has 1 heterocycles. The van der Waals surface area contributed by atoms with Gasteiger partial charge < -0.3 is 15.4 Å². The number of urea groups is 1. The van der Waals surface area contributed by atoms with Gasteiger partial charge in [0.15, 0.2) is 0 Å². The van der Waals surface area contributed by atoms with Gasteiger partial charge in [-0.05, 0) is 49.1 Å². The number of rotatable bonds is 6. The average Bonchev–Trinajstić information content (AvgIpc) is 2.81. The molecule has 7 nitrogen and oxygen atoms in total. The van der Waals surface area contributed by atoms with Gasteiger partial charge in [0.1, 0.15) is 24.4 Å². The summed E-state index contributed by atoms with van der Waals surface area (Å²) in [5, 5.41) is 5.61. The number of carbonyl (C=O) groups is 3. The van der Waals surface area contributed by atoms with Gasteiger partial charge in [0.05, 0.1) is 6.54 Å². The van der Waals surface area contributed by atoms with E-state index >= 15 is 0 Å². The number of amides is 4. The van der Waals surface area contributed by atoms with E-state index in [1.807, 2.05) is 31.2 Å². The molecule has 3 rings (SSSR count). The first-order chi connectivity index (χ1) is 13.6. The number of benzene rings is 1. The first kappa shape index (κ1) is 21.1. The molecule has 0 radical (unpaired) electrons. The largest absolute Gasteiger partial charge is 0.491 e. The van der Waals surface area contributed by atoms with Crippen molar-refractivity contribution in [2.24, 2.45) is 11.3 Å². The van der Waals surface area contributed by atoms with Crippen molar-refractivity contribution in [2.45, 2.75) is 52.5 Å². The normalized spacial score (nSPS) is 25.8. The molecule has 2 unspecified atom stereocenters. The van der Waals surface area contributed by atoms with E-state index < -0.39 is 11.6 Å². The second-order valence-electron chi connectivity index (χ2n) is 9.22. The summed E-state index contributed by atoms with van der Waals surface area (Å²) in [5.41, 5.74) is 0.103. The molecule has 1 aliphatic heterocycles. The number of imide groups is 1. The lowest BCUT2D eigenvalue weighted by Crippen LogP contribution is -2.54. The van der Waals surface area contributed by atoms with Crippen molar-refractivity contribution in [3.63, 3.8) is 0 Å². The lowest BCUT2D eigenvalue weighted by atomic mass is 9.64. The van der Waals surface area contributed by atoms with Crippen LogP contribution >= 0.6 is 0 Å². The van der Waals surface area contributed by atoms with E-state index in [4.69, 9.17) is 4.74 Å². The molecule has 1 saturated carbocycles. The molecule has 1 saturated heterocycles. The Bertz CT molecular complexity index is 807. The quantitative estimate of drug-likeness (QED) is 0.567. The minimum absolute atomic E-state index is 0.0359. The highest BCUT2D eigenvalue weighted by atomic mass is 16.5. The summed E-state index contributed by atoms with van der Waals surface area (Å²) in [4.78, 5) is 38.8. The van der Waals surface area contributed by atoms with Crippen LogP contribution in [0.15, 0.2) is 24.3 Å². The zero-order valence-corrected chi connectivity index (χ0v) is 17.7. The fourth-order valence-electron chi connectivity index (χ4n) is 4.92. The lowest BCUT2D eigenvalue weighted by molar-refractivity contribution is -0.137. The lowest BCUT2D eigenvalue weighted by Gasteiger charge is -2.43. The number of hydrogen-bond donors (Lipinski definition) is 2. The van der Waals surface area contributed by atoms with E-state index in [9.17, 15) is 14.4 Å². The van der Waals surface area contributed by atoms with Crippen LogP contribution in [0.3, 0.4) is 0 Å². The van der Waals surface area contributed by atoms with E-state index in [0.29, 0.717) is 31.9 Å². The summed E-state index contributed by atoms with van der Waals surface area (Å²) < 4.78 is 5.65. The molecule has 2 fully saturated rings. The van der Waals surface area contributed by atoms with Crippen LogP contribution in [0.25, 0.3) is 0 Å². The zero-order valence-electron chi connectivity index (χ0n) is 17.7. The monoisotopic (exact) mass is 401 g/mol. The summed E-state index contributed by atoms with van der Waals surface area (Å²) in [6.45, 7) is 8.63. The van der Waals surface area contributed by atoms with Gasteiger partial charge in [0.25, 0.3) is 5.91 Å². The molecule has 1 aromatic carbocycles. The average molecular weight is 402 g/mol. The maximum absolute atomic E-state index is 13.1. The molecule has 4 amide bonds. The van der Waals surface area contributed by atoms with Crippen molar-refractivity contribution in [3.8, 4) is 5.75 Å². The predicted molar refractivity (Wildman–Crippen MR) is 109 cm³/mol. The first-order valence-electron chi connectivity index (χ1n) is 10.2. The van der Waals surface area contributed by atoms with Crippen LogP contribution in [0, 0.1) is 18.3 Å². The first-order valence-corrected chi connectivity index (χ1v) is 10.2. The third kappa shape index (κ3) is 4.71. The van der Waals surface area contributed by atoms with Crippen LogP contribution < -0.4 is 15.4 Å². The van der Waals surface area contributed by atoms with Crippen LogP contribution in [-0.4, -0.2) is 48.0 Å². The zero-order chi connectivity index (χ0) is 21.2. The molecular weight excluding hydrogens is 370 g/mol. The highest BCUT2D eigenvalue weighted by molar-refractivity contribution is 6.09. The summed E-state index contributed by atoms with van der Waals surface area (Å²) >= 11 is 0. The Hall–Kier alpha value is -2.57. The van der Waals surface area contributed by atoms with E-state index in [-0.39, 0.29) is 23.8 Å². The highest BCUT2D eigenvalue weighted by Crippen LogP contribution is 2.46. The molecule has 1 aliphatic carbocycles. The fraction of sp³-hybridized carbons (Fsp3) is 0.591. The van der Waals surface area contributed by atoms with Crippen LogP contribution in [0.1, 0.15) is 45.6 Å². The molecule has 0 aromatic heterocycles.